The van der Waals surface area contributed by atoms with Crippen molar-refractivity contribution in [3.05, 3.63) is 23.8 Å². The maximum atomic E-state index is 12.2. The molecular weight excluding hydrogens is 334 g/mol. The average Bonchev–Trinajstić information content (AvgIpc) is 2.91. The number of amides is 2. The lowest BCUT2D eigenvalue weighted by Gasteiger charge is -2.26. The Morgan fingerprint density at radius 1 is 0.962 bits per heavy atom. The Hall–Kier alpha value is -2.28. The summed E-state index contributed by atoms with van der Waals surface area (Å²) in [4.78, 5) is 26.5. The van der Waals surface area contributed by atoms with Gasteiger partial charge in [-0.15, -0.1) is 0 Å². The van der Waals surface area contributed by atoms with Crippen molar-refractivity contribution < 1.29 is 19.1 Å². The Morgan fingerprint density at radius 3 is 2.54 bits per heavy atom. The summed E-state index contributed by atoms with van der Waals surface area (Å²) in [6, 6.07) is 5.07. The second-order valence-electron chi connectivity index (χ2n) is 6.65. The Kier molecular flexibility index (Phi) is 6.71. The van der Waals surface area contributed by atoms with Gasteiger partial charge in [-0.05, 0) is 44.1 Å². The van der Waals surface area contributed by atoms with Gasteiger partial charge in [-0.2, -0.15) is 0 Å². The van der Waals surface area contributed by atoms with Crippen LogP contribution < -0.4 is 20.1 Å². The first-order valence-corrected chi connectivity index (χ1v) is 9.39. The fourth-order valence-corrected chi connectivity index (χ4v) is 3.17. The molecule has 0 radical (unpaired) electrons. The van der Waals surface area contributed by atoms with E-state index < -0.39 is 0 Å². The molecule has 3 rings (SSSR count). The molecule has 0 unspecified atom stereocenters. The summed E-state index contributed by atoms with van der Waals surface area (Å²) >= 11 is 0. The second-order valence-corrected chi connectivity index (χ2v) is 6.65. The zero-order valence-electron chi connectivity index (χ0n) is 15.1. The van der Waals surface area contributed by atoms with Gasteiger partial charge in [0.2, 0.25) is 5.91 Å². The predicted octanol–water partition coefficient (Wildman–Crippen LogP) is 1.18. The lowest BCUT2D eigenvalue weighted by molar-refractivity contribution is -0.120. The molecule has 1 fully saturated rings. The van der Waals surface area contributed by atoms with Crippen molar-refractivity contribution >= 4 is 11.8 Å². The number of benzene rings is 1. The van der Waals surface area contributed by atoms with Gasteiger partial charge >= 0.3 is 0 Å². The Morgan fingerprint density at radius 2 is 1.73 bits per heavy atom. The molecule has 142 valence electrons. The normalized spacial score (nSPS) is 17.2. The molecule has 0 saturated carbocycles. The molecule has 2 aliphatic rings. The maximum absolute atomic E-state index is 12.2. The first-order chi connectivity index (χ1) is 12.7. The number of hydrogen-bond acceptors (Lipinski definition) is 5. The summed E-state index contributed by atoms with van der Waals surface area (Å²) < 4.78 is 11.1. The third kappa shape index (κ3) is 5.36. The van der Waals surface area contributed by atoms with Gasteiger partial charge in [0.25, 0.3) is 5.91 Å². The minimum atomic E-state index is -0.299. The number of carbonyl (C=O) groups is 2. The van der Waals surface area contributed by atoms with Crippen molar-refractivity contribution in [1.29, 1.82) is 0 Å². The van der Waals surface area contributed by atoms with Gasteiger partial charge in [0, 0.05) is 25.1 Å². The molecule has 0 aromatic heterocycles. The van der Waals surface area contributed by atoms with Crippen LogP contribution in [0.4, 0.5) is 0 Å². The van der Waals surface area contributed by atoms with E-state index in [1.54, 1.807) is 18.2 Å². The van der Waals surface area contributed by atoms with Gasteiger partial charge in [0.15, 0.2) is 11.5 Å². The third-order valence-electron chi connectivity index (χ3n) is 4.62. The van der Waals surface area contributed by atoms with Gasteiger partial charge in [-0.3, -0.25) is 9.59 Å². The molecule has 1 aromatic carbocycles. The topological polar surface area (TPSA) is 79.9 Å². The number of hydrogen-bond donors (Lipinski definition) is 2. The minimum absolute atomic E-state index is 0.0344. The number of piperidine rings is 1. The molecule has 2 N–H and O–H groups in total. The standard InChI is InChI=1S/C19H27N3O4/c23-18(20-7-10-22-8-2-1-3-9-22)14-21-19(24)15-5-6-16-17(13-15)26-12-4-11-25-16/h5-6,13H,1-4,7-12,14H2,(H,20,23)(H,21,24). The number of ether oxygens (including phenoxy) is 2. The van der Waals surface area contributed by atoms with Gasteiger partial charge in [0.1, 0.15) is 0 Å². The molecule has 2 amide bonds. The molecule has 1 aromatic rings. The van der Waals surface area contributed by atoms with Crippen molar-refractivity contribution in [3.8, 4) is 11.5 Å². The Balaban J connectivity index is 1.40. The van der Waals surface area contributed by atoms with E-state index in [1.807, 2.05) is 0 Å². The molecule has 0 aliphatic carbocycles. The third-order valence-corrected chi connectivity index (χ3v) is 4.62. The number of nitrogens with zero attached hydrogens (tertiary/aromatic N) is 1. The van der Waals surface area contributed by atoms with Crippen LogP contribution in [0.2, 0.25) is 0 Å². The first-order valence-electron chi connectivity index (χ1n) is 9.39. The second kappa shape index (κ2) is 9.43. The lowest BCUT2D eigenvalue weighted by atomic mass is 10.1. The molecule has 2 aliphatic heterocycles. The van der Waals surface area contributed by atoms with Crippen LogP contribution in [-0.2, 0) is 4.79 Å². The van der Waals surface area contributed by atoms with Crippen molar-refractivity contribution in [3.63, 3.8) is 0 Å². The predicted molar refractivity (Wildman–Crippen MR) is 97.7 cm³/mol. The number of carbonyl (C=O) groups excluding carboxylic acids is 2. The van der Waals surface area contributed by atoms with Crippen LogP contribution in [0.5, 0.6) is 11.5 Å². The van der Waals surface area contributed by atoms with Gasteiger partial charge in [-0.1, -0.05) is 6.42 Å². The van der Waals surface area contributed by atoms with Crippen LogP contribution >= 0.6 is 0 Å². The van der Waals surface area contributed by atoms with Crippen LogP contribution in [0.1, 0.15) is 36.0 Å². The summed E-state index contributed by atoms with van der Waals surface area (Å²) in [6.07, 6.45) is 4.58. The molecule has 7 heteroatoms. The molecule has 1 saturated heterocycles. The zero-order valence-corrected chi connectivity index (χ0v) is 15.1. The number of likely N-dealkylation sites (tertiary alicyclic amines) is 1. The highest BCUT2D eigenvalue weighted by Gasteiger charge is 2.15. The highest BCUT2D eigenvalue weighted by atomic mass is 16.5. The highest BCUT2D eigenvalue weighted by molar-refractivity contribution is 5.97. The van der Waals surface area contributed by atoms with Gasteiger partial charge in [0.05, 0.1) is 19.8 Å². The van der Waals surface area contributed by atoms with Crippen molar-refractivity contribution in [2.75, 3.05) is 45.9 Å². The molecule has 0 atom stereocenters. The van der Waals surface area contributed by atoms with Gasteiger partial charge < -0.3 is 25.0 Å². The monoisotopic (exact) mass is 361 g/mol. The maximum Gasteiger partial charge on any atom is 0.251 e. The lowest BCUT2D eigenvalue weighted by Crippen LogP contribution is -2.41. The summed E-state index contributed by atoms with van der Waals surface area (Å²) in [5.41, 5.74) is 0.454. The molecular formula is C19H27N3O4. The largest absolute Gasteiger partial charge is 0.490 e. The Labute approximate surface area is 154 Å². The summed E-state index contributed by atoms with van der Waals surface area (Å²) in [7, 11) is 0. The quantitative estimate of drug-likeness (QED) is 0.795. The molecule has 2 heterocycles. The van der Waals surface area contributed by atoms with Gasteiger partial charge in [-0.25, -0.2) is 0 Å². The van der Waals surface area contributed by atoms with Crippen molar-refractivity contribution in [1.82, 2.24) is 15.5 Å². The highest BCUT2D eigenvalue weighted by Crippen LogP contribution is 2.30. The first kappa shape index (κ1) is 18.5. The molecule has 7 nitrogen and oxygen atoms in total. The smallest absolute Gasteiger partial charge is 0.251 e. The van der Waals surface area contributed by atoms with Crippen LogP contribution in [0.15, 0.2) is 18.2 Å². The van der Waals surface area contributed by atoms with E-state index in [-0.39, 0.29) is 18.4 Å². The van der Waals surface area contributed by atoms with Crippen LogP contribution in [-0.4, -0.2) is 62.7 Å². The van der Waals surface area contributed by atoms with E-state index in [0.29, 0.717) is 36.8 Å². The SMILES string of the molecule is O=C(CNC(=O)c1ccc2c(c1)OCCCO2)NCCN1CCCCC1. The molecule has 0 spiro atoms. The minimum Gasteiger partial charge on any atom is -0.490 e. The molecule has 0 bridgehead atoms. The summed E-state index contributed by atoms with van der Waals surface area (Å²) in [5.74, 6) is 0.743. The van der Waals surface area contributed by atoms with Crippen LogP contribution in [0.3, 0.4) is 0 Å². The van der Waals surface area contributed by atoms with E-state index in [0.717, 1.165) is 26.1 Å². The van der Waals surface area contributed by atoms with Crippen molar-refractivity contribution in [2.24, 2.45) is 0 Å². The van der Waals surface area contributed by atoms with E-state index in [2.05, 4.69) is 15.5 Å². The number of nitrogens with one attached hydrogen (secondary N) is 2. The zero-order chi connectivity index (χ0) is 18.2. The van der Waals surface area contributed by atoms with E-state index in [1.165, 1.54) is 19.3 Å². The van der Waals surface area contributed by atoms with E-state index in [9.17, 15) is 9.59 Å². The van der Waals surface area contributed by atoms with Crippen LogP contribution in [0, 0.1) is 0 Å². The van der Waals surface area contributed by atoms with Crippen LogP contribution in [0.25, 0.3) is 0 Å². The van der Waals surface area contributed by atoms with Crippen molar-refractivity contribution in [2.45, 2.75) is 25.7 Å². The van der Waals surface area contributed by atoms with E-state index in [4.69, 9.17) is 9.47 Å². The fraction of sp³-hybridized carbons (Fsp3) is 0.579. The fourth-order valence-electron chi connectivity index (χ4n) is 3.17. The number of fused-ring (bicyclic) bond motifs is 1. The summed E-state index contributed by atoms with van der Waals surface area (Å²) in [5, 5.41) is 5.50. The molecule has 26 heavy (non-hydrogen) atoms. The average molecular weight is 361 g/mol. The van der Waals surface area contributed by atoms with E-state index >= 15 is 0 Å². The Bertz CT molecular complexity index is 629. The summed E-state index contributed by atoms with van der Waals surface area (Å²) in [6.45, 7) is 4.83. The number of rotatable bonds is 6.